The van der Waals surface area contributed by atoms with Crippen molar-refractivity contribution in [3.63, 3.8) is 0 Å². The first kappa shape index (κ1) is 15.2. The highest BCUT2D eigenvalue weighted by Gasteiger charge is 2.02. The Morgan fingerprint density at radius 2 is 1.67 bits per heavy atom. The van der Waals surface area contributed by atoms with E-state index in [0.717, 1.165) is 32.7 Å². The van der Waals surface area contributed by atoms with E-state index < -0.39 is 0 Å². The Balaban J connectivity index is 2.18. The highest BCUT2D eigenvalue weighted by Crippen LogP contribution is 2.08. The maximum atomic E-state index is 3.46. The first-order valence-corrected chi connectivity index (χ1v) is 6.68. The number of aryl methyl sites for hydroxylation is 1. The molecule has 1 aromatic rings. The second-order valence-corrected chi connectivity index (χ2v) is 5.22. The lowest BCUT2D eigenvalue weighted by Gasteiger charge is -2.18. The van der Waals surface area contributed by atoms with E-state index in [-0.39, 0.29) is 0 Å². The van der Waals surface area contributed by atoms with Gasteiger partial charge in [0.1, 0.15) is 0 Å². The summed E-state index contributed by atoms with van der Waals surface area (Å²) in [5.74, 6) is 0. The van der Waals surface area contributed by atoms with Gasteiger partial charge >= 0.3 is 0 Å². The molecule has 0 saturated carbocycles. The van der Waals surface area contributed by atoms with Gasteiger partial charge in [-0.2, -0.15) is 0 Å². The maximum Gasteiger partial charge on any atom is 0.0233 e. The molecule has 0 saturated heterocycles. The van der Waals surface area contributed by atoms with E-state index in [9.17, 15) is 0 Å². The average Bonchev–Trinajstić information content (AvgIpc) is 2.31. The fourth-order valence-electron chi connectivity index (χ4n) is 1.85. The summed E-state index contributed by atoms with van der Waals surface area (Å²) in [6.45, 7) is 7.51. The average molecular weight is 249 g/mol. The highest BCUT2D eigenvalue weighted by molar-refractivity contribution is 5.25. The van der Waals surface area contributed by atoms with Crippen LogP contribution in [-0.4, -0.2) is 57.1 Å². The van der Waals surface area contributed by atoms with Crippen molar-refractivity contribution >= 4 is 0 Å². The second-order valence-electron chi connectivity index (χ2n) is 5.22. The van der Waals surface area contributed by atoms with Crippen molar-refractivity contribution in [3.05, 3.63) is 35.4 Å². The van der Waals surface area contributed by atoms with Gasteiger partial charge in [0.2, 0.25) is 0 Å². The molecule has 102 valence electrons. The van der Waals surface area contributed by atoms with Crippen LogP contribution in [0, 0.1) is 6.92 Å². The van der Waals surface area contributed by atoms with Gasteiger partial charge in [0.25, 0.3) is 0 Å². The lowest BCUT2D eigenvalue weighted by molar-refractivity contribution is 0.318. The smallest absolute Gasteiger partial charge is 0.0233 e. The van der Waals surface area contributed by atoms with Crippen LogP contribution < -0.4 is 5.32 Å². The monoisotopic (exact) mass is 249 g/mol. The van der Waals surface area contributed by atoms with Gasteiger partial charge in [-0.1, -0.05) is 24.3 Å². The van der Waals surface area contributed by atoms with Gasteiger partial charge < -0.3 is 15.1 Å². The van der Waals surface area contributed by atoms with Gasteiger partial charge in [-0.3, -0.25) is 0 Å². The number of benzene rings is 1. The first-order chi connectivity index (χ1) is 8.59. The fourth-order valence-corrected chi connectivity index (χ4v) is 1.85. The van der Waals surface area contributed by atoms with E-state index in [1.807, 2.05) is 0 Å². The molecular formula is C15H27N3. The summed E-state index contributed by atoms with van der Waals surface area (Å²) in [6.07, 6.45) is 0. The molecule has 0 heterocycles. The number of hydrogen-bond donors (Lipinski definition) is 1. The Hall–Kier alpha value is -0.900. The Labute approximate surface area is 112 Å². The molecule has 0 aliphatic rings. The number of nitrogens with zero attached hydrogens (tertiary/aromatic N) is 2. The van der Waals surface area contributed by atoms with E-state index in [0.29, 0.717) is 0 Å². The molecule has 0 atom stereocenters. The molecule has 1 N–H and O–H groups in total. The minimum absolute atomic E-state index is 1.03. The summed E-state index contributed by atoms with van der Waals surface area (Å²) in [5, 5.41) is 3.46. The molecule has 0 aliphatic heterocycles. The molecule has 0 bridgehead atoms. The Morgan fingerprint density at radius 1 is 1.00 bits per heavy atom. The molecular weight excluding hydrogens is 222 g/mol. The third kappa shape index (κ3) is 6.15. The zero-order valence-electron chi connectivity index (χ0n) is 12.2. The van der Waals surface area contributed by atoms with Crippen LogP contribution in [0.15, 0.2) is 24.3 Å². The van der Waals surface area contributed by atoms with Crippen molar-refractivity contribution in [1.29, 1.82) is 0 Å². The molecule has 18 heavy (non-hydrogen) atoms. The van der Waals surface area contributed by atoms with Gasteiger partial charge in [0.05, 0.1) is 0 Å². The van der Waals surface area contributed by atoms with Crippen LogP contribution in [0.4, 0.5) is 0 Å². The molecule has 0 radical (unpaired) electrons. The van der Waals surface area contributed by atoms with Crippen LogP contribution in [-0.2, 0) is 6.54 Å². The topological polar surface area (TPSA) is 18.5 Å². The number of rotatable bonds is 8. The molecule has 1 aromatic carbocycles. The minimum Gasteiger partial charge on any atom is -0.314 e. The molecule has 0 aromatic heterocycles. The molecule has 1 rings (SSSR count). The van der Waals surface area contributed by atoms with Crippen molar-refractivity contribution in [2.75, 3.05) is 47.3 Å². The van der Waals surface area contributed by atoms with Crippen molar-refractivity contribution in [1.82, 2.24) is 15.1 Å². The predicted octanol–water partition coefficient (Wildman–Crippen LogP) is 1.58. The normalized spacial score (nSPS) is 11.4. The summed E-state index contributed by atoms with van der Waals surface area (Å²) >= 11 is 0. The number of nitrogens with one attached hydrogen (secondary N) is 1. The van der Waals surface area contributed by atoms with Gasteiger partial charge in [0.15, 0.2) is 0 Å². The summed E-state index contributed by atoms with van der Waals surface area (Å²) in [6, 6.07) is 8.61. The standard InChI is InChI=1S/C15H27N3/c1-14-7-5-6-8-15(14)13-18(4)12-10-16-9-11-17(2)3/h5-8,16H,9-13H2,1-4H3. The third-order valence-corrected chi connectivity index (χ3v) is 3.11. The zero-order chi connectivity index (χ0) is 13.4. The van der Waals surface area contributed by atoms with Gasteiger partial charge in [0, 0.05) is 32.7 Å². The van der Waals surface area contributed by atoms with Crippen molar-refractivity contribution in [2.45, 2.75) is 13.5 Å². The quantitative estimate of drug-likeness (QED) is 0.706. The largest absolute Gasteiger partial charge is 0.314 e. The maximum absolute atomic E-state index is 3.46. The van der Waals surface area contributed by atoms with Crippen molar-refractivity contribution in [3.8, 4) is 0 Å². The Morgan fingerprint density at radius 3 is 2.33 bits per heavy atom. The Bertz CT molecular complexity index is 336. The van der Waals surface area contributed by atoms with Crippen molar-refractivity contribution < 1.29 is 0 Å². The van der Waals surface area contributed by atoms with E-state index in [1.165, 1.54) is 11.1 Å². The molecule has 0 unspecified atom stereocenters. The van der Waals surface area contributed by atoms with Crippen LogP contribution in [0.5, 0.6) is 0 Å². The van der Waals surface area contributed by atoms with E-state index >= 15 is 0 Å². The highest BCUT2D eigenvalue weighted by atomic mass is 15.1. The van der Waals surface area contributed by atoms with Gasteiger partial charge in [-0.25, -0.2) is 0 Å². The second kappa shape index (κ2) is 8.25. The number of likely N-dealkylation sites (N-methyl/N-ethyl adjacent to an activating group) is 2. The minimum atomic E-state index is 1.03. The fraction of sp³-hybridized carbons (Fsp3) is 0.600. The van der Waals surface area contributed by atoms with Gasteiger partial charge in [-0.05, 0) is 39.2 Å². The van der Waals surface area contributed by atoms with Gasteiger partial charge in [-0.15, -0.1) is 0 Å². The van der Waals surface area contributed by atoms with Crippen LogP contribution >= 0.6 is 0 Å². The zero-order valence-corrected chi connectivity index (χ0v) is 12.2. The molecule has 3 heteroatoms. The van der Waals surface area contributed by atoms with E-state index in [4.69, 9.17) is 0 Å². The molecule has 0 fully saturated rings. The molecule has 0 aliphatic carbocycles. The van der Waals surface area contributed by atoms with Crippen LogP contribution in [0.1, 0.15) is 11.1 Å². The first-order valence-electron chi connectivity index (χ1n) is 6.68. The van der Waals surface area contributed by atoms with Crippen molar-refractivity contribution in [2.24, 2.45) is 0 Å². The predicted molar refractivity (Wildman–Crippen MR) is 78.9 cm³/mol. The third-order valence-electron chi connectivity index (χ3n) is 3.11. The summed E-state index contributed by atoms with van der Waals surface area (Å²) in [5.41, 5.74) is 2.80. The lowest BCUT2D eigenvalue weighted by atomic mass is 10.1. The Kier molecular flexibility index (Phi) is 6.94. The summed E-state index contributed by atoms with van der Waals surface area (Å²) in [4.78, 5) is 4.56. The molecule has 0 amide bonds. The summed E-state index contributed by atoms with van der Waals surface area (Å²) < 4.78 is 0. The van der Waals surface area contributed by atoms with E-state index in [1.54, 1.807) is 0 Å². The van der Waals surface area contributed by atoms with E-state index in [2.05, 4.69) is 67.4 Å². The SMILES string of the molecule is Cc1ccccc1CN(C)CCNCCN(C)C. The van der Waals surface area contributed by atoms with Crippen LogP contribution in [0.25, 0.3) is 0 Å². The summed E-state index contributed by atoms with van der Waals surface area (Å²) in [7, 11) is 6.39. The number of hydrogen-bond acceptors (Lipinski definition) is 3. The molecule has 0 spiro atoms. The van der Waals surface area contributed by atoms with Crippen LogP contribution in [0.3, 0.4) is 0 Å². The lowest BCUT2D eigenvalue weighted by Crippen LogP contribution is -2.33. The molecule has 3 nitrogen and oxygen atoms in total. The van der Waals surface area contributed by atoms with Crippen LogP contribution in [0.2, 0.25) is 0 Å².